The first-order valence-electron chi connectivity index (χ1n) is 9.61. The Balaban J connectivity index is 1.82. The maximum Gasteiger partial charge on any atom is 0.253 e. The predicted octanol–water partition coefficient (Wildman–Crippen LogP) is 2.29. The van der Waals surface area contributed by atoms with Crippen LogP contribution in [0.15, 0.2) is 23.0 Å². The number of rotatable bonds is 8. The molecule has 1 aliphatic rings. The van der Waals surface area contributed by atoms with Crippen molar-refractivity contribution in [1.82, 2.24) is 20.1 Å². The SMILES string of the molecule is CCCNC(=S)N(CCCN(C)C)Cc1cc2cc3c(cc2[nH]c1=O)OCO3. The Hall–Kier alpha value is -2.32. The molecule has 1 aromatic heterocycles. The largest absolute Gasteiger partial charge is 0.454 e. The molecule has 0 spiro atoms. The fourth-order valence-corrected chi connectivity index (χ4v) is 3.40. The van der Waals surface area contributed by atoms with E-state index < -0.39 is 0 Å². The van der Waals surface area contributed by atoms with Crippen LogP contribution < -0.4 is 20.3 Å². The van der Waals surface area contributed by atoms with E-state index in [1.807, 2.05) is 18.2 Å². The van der Waals surface area contributed by atoms with Gasteiger partial charge in [-0.15, -0.1) is 0 Å². The zero-order chi connectivity index (χ0) is 20.1. The molecule has 1 aromatic carbocycles. The Bertz CT molecular complexity index is 897. The van der Waals surface area contributed by atoms with Crippen molar-refractivity contribution in [2.75, 3.05) is 40.5 Å². The summed E-state index contributed by atoms with van der Waals surface area (Å²) in [7, 11) is 4.10. The molecule has 8 heteroatoms. The molecular formula is C20H28N4O3S. The van der Waals surface area contributed by atoms with Gasteiger partial charge in [-0.25, -0.2) is 0 Å². The monoisotopic (exact) mass is 404 g/mol. The van der Waals surface area contributed by atoms with Crippen LogP contribution in [0.1, 0.15) is 25.3 Å². The Morgan fingerprint density at radius 3 is 2.68 bits per heavy atom. The van der Waals surface area contributed by atoms with Crippen molar-refractivity contribution < 1.29 is 9.47 Å². The van der Waals surface area contributed by atoms with Crippen molar-refractivity contribution in [3.63, 3.8) is 0 Å². The van der Waals surface area contributed by atoms with Gasteiger partial charge in [0.25, 0.3) is 5.56 Å². The fourth-order valence-electron chi connectivity index (χ4n) is 3.14. The lowest BCUT2D eigenvalue weighted by Crippen LogP contribution is -2.41. The molecule has 2 heterocycles. The number of aromatic amines is 1. The molecule has 0 bridgehead atoms. The van der Waals surface area contributed by atoms with Crippen LogP contribution in [-0.4, -0.2) is 60.4 Å². The van der Waals surface area contributed by atoms with Crippen molar-refractivity contribution in [2.45, 2.75) is 26.3 Å². The van der Waals surface area contributed by atoms with Gasteiger partial charge in [-0.05, 0) is 57.8 Å². The Kier molecular flexibility index (Phi) is 6.74. The first-order valence-corrected chi connectivity index (χ1v) is 10.0. The molecule has 0 saturated carbocycles. The van der Waals surface area contributed by atoms with E-state index in [4.69, 9.17) is 21.7 Å². The quantitative estimate of drug-likeness (QED) is 0.654. The molecule has 3 rings (SSSR count). The summed E-state index contributed by atoms with van der Waals surface area (Å²) in [6, 6.07) is 5.63. The number of hydrogen-bond donors (Lipinski definition) is 2. The van der Waals surface area contributed by atoms with E-state index >= 15 is 0 Å². The number of nitrogens with one attached hydrogen (secondary N) is 2. The highest BCUT2D eigenvalue weighted by atomic mass is 32.1. The average molecular weight is 405 g/mol. The normalized spacial score (nSPS) is 12.6. The zero-order valence-electron chi connectivity index (χ0n) is 16.7. The topological polar surface area (TPSA) is 69.8 Å². The van der Waals surface area contributed by atoms with E-state index in [-0.39, 0.29) is 12.4 Å². The number of thiocarbonyl (C=S) groups is 1. The summed E-state index contributed by atoms with van der Waals surface area (Å²) < 4.78 is 10.8. The van der Waals surface area contributed by atoms with Gasteiger partial charge in [0, 0.05) is 30.1 Å². The highest BCUT2D eigenvalue weighted by Crippen LogP contribution is 2.35. The summed E-state index contributed by atoms with van der Waals surface area (Å²) >= 11 is 5.58. The van der Waals surface area contributed by atoms with E-state index in [2.05, 4.69) is 41.1 Å². The Morgan fingerprint density at radius 1 is 1.21 bits per heavy atom. The van der Waals surface area contributed by atoms with Crippen LogP contribution in [-0.2, 0) is 6.54 Å². The van der Waals surface area contributed by atoms with Crippen molar-refractivity contribution in [3.05, 3.63) is 34.1 Å². The maximum absolute atomic E-state index is 12.7. The molecule has 0 fully saturated rings. The minimum absolute atomic E-state index is 0.109. The molecule has 7 nitrogen and oxygen atoms in total. The second-order valence-electron chi connectivity index (χ2n) is 7.23. The number of ether oxygens (including phenoxy) is 2. The molecule has 28 heavy (non-hydrogen) atoms. The third-order valence-electron chi connectivity index (χ3n) is 4.62. The smallest absolute Gasteiger partial charge is 0.253 e. The molecule has 0 atom stereocenters. The lowest BCUT2D eigenvalue weighted by molar-refractivity contribution is 0.174. The van der Waals surface area contributed by atoms with Crippen LogP contribution in [0.5, 0.6) is 11.5 Å². The van der Waals surface area contributed by atoms with Gasteiger partial charge in [0.2, 0.25) is 6.79 Å². The summed E-state index contributed by atoms with van der Waals surface area (Å²) in [5.41, 5.74) is 1.31. The molecule has 152 valence electrons. The van der Waals surface area contributed by atoms with Gasteiger partial charge in [0.1, 0.15) is 0 Å². The zero-order valence-corrected chi connectivity index (χ0v) is 17.5. The molecular weight excluding hydrogens is 376 g/mol. The molecule has 0 aliphatic carbocycles. The molecule has 0 amide bonds. The van der Waals surface area contributed by atoms with Gasteiger partial charge in [-0.3, -0.25) is 4.79 Å². The van der Waals surface area contributed by atoms with E-state index in [1.165, 1.54) is 0 Å². The number of pyridine rings is 1. The summed E-state index contributed by atoms with van der Waals surface area (Å²) in [5.74, 6) is 1.36. The van der Waals surface area contributed by atoms with Gasteiger partial charge in [-0.1, -0.05) is 6.92 Å². The van der Waals surface area contributed by atoms with Crippen molar-refractivity contribution in [2.24, 2.45) is 0 Å². The van der Waals surface area contributed by atoms with Gasteiger partial charge in [0.15, 0.2) is 16.6 Å². The molecule has 0 radical (unpaired) electrons. The van der Waals surface area contributed by atoms with E-state index in [0.717, 1.165) is 43.4 Å². The number of fused-ring (bicyclic) bond motifs is 2. The van der Waals surface area contributed by atoms with Crippen molar-refractivity contribution in [3.8, 4) is 11.5 Å². The molecule has 1 aliphatic heterocycles. The summed E-state index contributed by atoms with van der Waals surface area (Å²) in [6.45, 7) is 5.34. The van der Waals surface area contributed by atoms with Crippen LogP contribution in [0.3, 0.4) is 0 Å². The summed E-state index contributed by atoms with van der Waals surface area (Å²) in [6.07, 6.45) is 1.96. The summed E-state index contributed by atoms with van der Waals surface area (Å²) in [5, 5.41) is 4.88. The molecule has 0 saturated heterocycles. The van der Waals surface area contributed by atoms with Crippen LogP contribution >= 0.6 is 12.2 Å². The minimum Gasteiger partial charge on any atom is -0.454 e. The summed E-state index contributed by atoms with van der Waals surface area (Å²) in [4.78, 5) is 19.8. The second kappa shape index (κ2) is 9.25. The number of benzene rings is 1. The lowest BCUT2D eigenvalue weighted by atomic mass is 10.1. The standard InChI is InChI=1S/C20H28N4O3S/c1-4-6-21-20(28)24(8-5-7-23(2)3)12-15-9-14-10-17-18(27-13-26-17)11-16(14)22-19(15)25/h9-11H,4-8,12-13H2,1-3H3,(H,21,28)(H,22,25). The number of hydrogen-bond acceptors (Lipinski definition) is 5. The van der Waals surface area contributed by atoms with Gasteiger partial charge >= 0.3 is 0 Å². The number of aromatic nitrogens is 1. The van der Waals surface area contributed by atoms with Gasteiger partial charge < -0.3 is 29.6 Å². The maximum atomic E-state index is 12.7. The first kappa shape index (κ1) is 20.4. The highest BCUT2D eigenvalue weighted by molar-refractivity contribution is 7.80. The Morgan fingerprint density at radius 2 is 1.96 bits per heavy atom. The third kappa shape index (κ3) is 4.94. The van der Waals surface area contributed by atoms with Gasteiger partial charge in [-0.2, -0.15) is 0 Å². The van der Waals surface area contributed by atoms with Crippen molar-refractivity contribution >= 4 is 28.2 Å². The number of H-pyrrole nitrogens is 1. The molecule has 2 N–H and O–H groups in total. The second-order valence-corrected chi connectivity index (χ2v) is 7.61. The van der Waals surface area contributed by atoms with Crippen LogP contribution in [0, 0.1) is 0 Å². The Labute approximate surface area is 170 Å². The third-order valence-corrected chi connectivity index (χ3v) is 5.02. The first-order chi connectivity index (χ1) is 13.5. The molecule has 2 aromatic rings. The van der Waals surface area contributed by atoms with Crippen LogP contribution in [0.4, 0.5) is 0 Å². The average Bonchev–Trinajstić information content (AvgIpc) is 3.10. The van der Waals surface area contributed by atoms with Crippen LogP contribution in [0.25, 0.3) is 10.9 Å². The fraction of sp³-hybridized carbons (Fsp3) is 0.500. The number of nitrogens with zero attached hydrogens (tertiary/aromatic N) is 2. The minimum atomic E-state index is -0.109. The van der Waals surface area contributed by atoms with E-state index in [0.29, 0.717) is 28.7 Å². The highest BCUT2D eigenvalue weighted by Gasteiger charge is 2.17. The lowest BCUT2D eigenvalue weighted by Gasteiger charge is -2.26. The van der Waals surface area contributed by atoms with Gasteiger partial charge in [0.05, 0.1) is 12.1 Å². The van der Waals surface area contributed by atoms with E-state index in [9.17, 15) is 4.79 Å². The van der Waals surface area contributed by atoms with Crippen LogP contribution in [0.2, 0.25) is 0 Å². The van der Waals surface area contributed by atoms with Crippen molar-refractivity contribution in [1.29, 1.82) is 0 Å². The predicted molar refractivity (Wildman–Crippen MR) is 115 cm³/mol. The molecule has 0 unspecified atom stereocenters. The van der Waals surface area contributed by atoms with E-state index in [1.54, 1.807) is 0 Å².